The maximum absolute atomic E-state index is 12.5. The number of aromatic nitrogens is 3. The molecule has 0 spiro atoms. The molecule has 26 heavy (non-hydrogen) atoms. The highest BCUT2D eigenvalue weighted by atomic mass is 35.5. The summed E-state index contributed by atoms with van der Waals surface area (Å²) in [4.78, 5) is 27.9. The lowest BCUT2D eigenvalue weighted by Crippen LogP contribution is -2.28. The molecule has 0 unspecified atom stereocenters. The van der Waals surface area contributed by atoms with Crippen LogP contribution in [0.2, 0.25) is 5.02 Å². The molecule has 0 bridgehead atoms. The molecule has 1 aliphatic heterocycles. The van der Waals surface area contributed by atoms with E-state index >= 15 is 0 Å². The first-order valence-electron chi connectivity index (χ1n) is 8.47. The Morgan fingerprint density at radius 1 is 1.35 bits per heavy atom. The highest BCUT2D eigenvalue weighted by molar-refractivity contribution is 6.31. The molecule has 1 aliphatic rings. The zero-order valence-electron chi connectivity index (χ0n) is 14.0. The SMILES string of the molecule is O=C(NCc1cc2n(n1)CCCNC2)c1c[nH]c2cc(Cl)ccc2c1=O. The molecule has 2 aromatic heterocycles. The number of fused-ring (bicyclic) bond motifs is 2. The average Bonchev–Trinajstić information content (AvgIpc) is 2.89. The molecule has 0 radical (unpaired) electrons. The molecule has 0 aliphatic carbocycles. The lowest BCUT2D eigenvalue weighted by atomic mass is 10.1. The van der Waals surface area contributed by atoms with Gasteiger partial charge in [0.05, 0.1) is 23.4 Å². The van der Waals surface area contributed by atoms with Gasteiger partial charge in [0, 0.05) is 29.7 Å². The summed E-state index contributed by atoms with van der Waals surface area (Å²) in [6.45, 7) is 2.89. The third-order valence-corrected chi connectivity index (χ3v) is 4.70. The van der Waals surface area contributed by atoms with Crippen molar-refractivity contribution in [3.8, 4) is 0 Å². The molecule has 0 atom stereocenters. The molecule has 0 saturated heterocycles. The average molecular weight is 372 g/mol. The largest absolute Gasteiger partial charge is 0.360 e. The Kier molecular flexibility index (Phi) is 4.48. The number of carbonyl (C=O) groups is 1. The van der Waals surface area contributed by atoms with Crippen LogP contribution in [0.5, 0.6) is 0 Å². The van der Waals surface area contributed by atoms with Crippen molar-refractivity contribution in [2.45, 2.75) is 26.1 Å². The van der Waals surface area contributed by atoms with Crippen LogP contribution in [0.25, 0.3) is 10.9 Å². The van der Waals surface area contributed by atoms with E-state index in [0.29, 0.717) is 15.9 Å². The van der Waals surface area contributed by atoms with Crippen molar-refractivity contribution in [2.24, 2.45) is 0 Å². The molecule has 3 heterocycles. The van der Waals surface area contributed by atoms with Crippen molar-refractivity contribution in [1.82, 2.24) is 25.4 Å². The molecule has 3 N–H and O–H groups in total. The molecule has 1 amide bonds. The molecule has 134 valence electrons. The third-order valence-electron chi connectivity index (χ3n) is 4.46. The van der Waals surface area contributed by atoms with E-state index in [2.05, 4.69) is 20.7 Å². The smallest absolute Gasteiger partial charge is 0.257 e. The lowest BCUT2D eigenvalue weighted by molar-refractivity contribution is 0.0949. The quantitative estimate of drug-likeness (QED) is 0.654. The predicted octanol–water partition coefficient (Wildman–Crippen LogP) is 1.80. The summed E-state index contributed by atoms with van der Waals surface area (Å²) in [5.74, 6) is -0.426. The minimum absolute atomic E-state index is 0.0715. The lowest BCUT2D eigenvalue weighted by Gasteiger charge is -2.05. The highest BCUT2D eigenvalue weighted by Gasteiger charge is 2.15. The number of benzene rings is 1. The molecular formula is C18H18ClN5O2. The van der Waals surface area contributed by atoms with Crippen molar-refractivity contribution >= 4 is 28.4 Å². The van der Waals surface area contributed by atoms with E-state index in [4.69, 9.17) is 11.6 Å². The standard InChI is InChI=1S/C18H18ClN5O2/c19-11-2-3-14-16(6-11)21-10-15(17(14)25)18(26)22-8-12-7-13-9-20-4-1-5-24(13)23-12/h2-3,6-7,10,20H,1,4-5,8-9H2,(H,21,25)(H,22,26). The van der Waals surface area contributed by atoms with Gasteiger partial charge in [-0.3, -0.25) is 14.3 Å². The van der Waals surface area contributed by atoms with Crippen LogP contribution in [-0.2, 0) is 19.6 Å². The van der Waals surface area contributed by atoms with Crippen LogP contribution < -0.4 is 16.1 Å². The molecule has 3 aromatic rings. The van der Waals surface area contributed by atoms with E-state index in [0.717, 1.165) is 37.4 Å². The van der Waals surface area contributed by atoms with Crippen LogP contribution in [0.1, 0.15) is 28.2 Å². The van der Waals surface area contributed by atoms with Crippen LogP contribution in [0.4, 0.5) is 0 Å². The Bertz CT molecular complexity index is 1020. The summed E-state index contributed by atoms with van der Waals surface area (Å²) in [5.41, 5.74) is 2.23. The van der Waals surface area contributed by atoms with E-state index in [1.165, 1.54) is 6.20 Å². The summed E-state index contributed by atoms with van der Waals surface area (Å²) in [5, 5.41) is 11.6. The van der Waals surface area contributed by atoms with Gasteiger partial charge in [0.15, 0.2) is 0 Å². The van der Waals surface area contributed by atoms with Crippen molar-refractivity contribution in [3.05, 3.63) is 62.7 Å². The fraction of sp³-hybridized carbons (Fsp3) is 0.278. The number of hydrogen-bond acceptors (Lipinski definition) is 4. The summed E-state index contributed by atoms with van der Waals surface area (Å²) >= 11 is 5.93. The van der Waals surface area contributed by atoms with Crippen molar-refractivity contribution in [1.29, 1.82) is 0 Å². The molecule has 0 saturated carbocycles. The second-order valence-corrected chi connectivity index (χ2v) is 6.72. The van der Waals surface area contributed by atoms with Crippen LogP contribution in [-0.4, -0.2) is 27.2 Å². The van der Waals surface area contributed by atoms with Crippen molar-refractivity contribution < 1.29 is 4.79 Å². The van der Waals surface area contributed by atoms with Gasteiger partial charge < -0.3 is 15.6 Å². The van der Waals surface area contributed by atoms with Gasteiger partial charge in [-0.05, 0) is 37.2 Å². The normalized spacial score (nSPS) is 14.0. The first-order chi connectivity index (χ1) is 12.6. The topological polar surface area (TPSA) is 91.8 Å². The van der Waals surface area contributed by atoms with Gasteiger partial charge in [0.25, 0.3) is 5.91 Å². The number of aromatic amines is 1. The number of nitrogens with zero attached hydrogens (tertiary/aromatic N) is 2. The number of aryl methyl sites for hydroxylation is 1. The molecule has 0 fully saturated rings. The number of carbonyl (C=O) groups excluding carboxylic acids is 1. The number of rotatable bonds is 3. The Balaban J connectivity index is 1.52. The summed E-state index contributed by atoms with van der Waals surface area (Å²) < 4.78 is 1.97. The van der Waals surface area contributed by atoms with Gasteiger partial charge in [-0.15, -0.1) is 0 Å². The minimum Gasteiger partial charge on any atom is -0.360 e. The first-order valence-corrected chi connectivity index (χ1v) is 8.85. The molecule has 1 aromatic carbocycles. The predicted molar refractivity (Wildman–Crippen MR) is 99.3 cm³/mol. The van der Waals surface area contributed by atoms with E-state index in [-0.39, 0.29) is 17.5 Å². The second kappa shape index (κ2) is 6.93. The fourth-order valence-corrected chi connectivity index (χ4v) is 3.31. The molecule has 7 nitrogen and oxygen atoms in total. The molecule has 4 rings (SSSR count). The van der Waals surface area contributed by atoms with E-state index < -0.39 is 5.91 Å². The zero-order chi connectivity index (χ0) is 18.1. The Labute approximate surface area is 154 Å². The van der Waals surface area contributed by atoms with Crippen molar-refractivity contribution in [2.75, 3.05) is 6.54 Å². The monoisotopic (exact) mass is 371 g/mol. The van der Waals surface area contributed by atoms with Crippen LogP contribution in [0, 0.1) is 0 Å². The molecule has 8 heteroatoms. The summed E-state index contributed by atoms with van der Waals surface area (Å²) in [6, 6.07) is 6.89. The van der Waals surface area contributed by atoms with Gasteiger partial charge in [0.1, 0.15) is 5.56 Å². The van der Waals surface area contributed by atoms with E-state index in [1.54, 1.807) is 18.2 Å². The zero-order valence-corrected chi connectivity index (χ0v) is 14.8. The van der Waals surface area contributed by atoms with Gasteiger partial charge in [-0.25, -0.2) is 0 Å². The van der Waals surface area contributed by atoms with Gasteiger partial charge in [0.2, 0.25) is 5.43 Å². The Hall–Kier alpha value is -2.64. The highest BCUT2D eigenvalue weighted by Crippen LogP contribution is 2.15. The number of hydrogen-bond donors (Lipinski definition) is 3. The van der Waals surface area contributed by atoms with Gasteiger partial charge in [-0.2, -0.15) is 5.10 Å². The van der Waals surface area contributed by atoms with Gasteiger partial charge >= 0.3 is 0 Å². The third kappa shape index (κ3) is 3.23. The summed E-state index contributed by atoms with van der Waals surface area (Å²) in [7, 11) is 0. The first kappa shape index (κ1) is 16.8. The number of amides is 1. The van der Waals surface area contributed by atoms with Gasteiger partial charge in [-0.1, -0.05) is 11.6 Å². The Morgan fingerprint density at radius 2 is 2.23 bits per heavy atom. The van der Waals surface area contributed by atoms with E-state index in [9.17, 15) is 9.59 Å². The molecular weight excluding hydrogens is 354 g/mol. The van der Waals surface area contributed by atoms with Crippen LogP contribution >= 0.6 is 11.6 Å². The van der Waals surface area contributed by atoms with Crippen LogP contribution in [0.15, 0.2) is 35.3 Å². The van der Waals surface area contributed by atoms with Crippen LogP contribution in [0.3, 0.4) is 0 Å². The Morgan fingerprint density at radius 3 is 3.12 bits per heavy atom. The minimum atomic E-state index is -0.426. The van der Waals surface area contributed by atoms with E-state index in [1.807, 2.05) is 10.7 Å². The number of halogens is 1. The van der Waals surface area contributed by atoms with Crippen molar-refractivity contribution in [3.63, 3.8) is 0 Å². The fourth-order valence-electron chi connectivity index (χ4n) is 3.14. The number of nitrogens with one attached hydrogen (secondary N) is 3. The number of H-pyrrole nitrogens is 1. The number of pyridine rings is 1. The summed E-state index contributed by atoms with van der Waals surface area (Å²) in [6.07, 6.45) is 2.44. The second-order valence-electron chi connectivity index (χ2n) is 6.28. The maximum Gasteiger partial charge on any atom is 0.257 e. The maximum atomic E-state index is 12.5.